The van der Waals surface area contributed by atoms with Gasteiger partial charge in [0.15, 0.2) is 5.83 Å². The summed E-state index contributed by atoms with van der Waals surface area (Å²) in [6.45, 7) is 5.60. The number of allylic oxidation sites excluding steroid dienone is 8. The maximum atomic E-state index is 16.9. The largest absolute Gasteiger partial charge is 0.500 e. The number of nitrogens with one attached hydrogen (secondary N) is 1. The molecule has 0 saturated heterocycles. The number of amides is 2. The fraction of sp³-hybridized carbons (Fsp3) is 0.455. The van der Waals surface area contributed by atoms with Crippen LogP contribution >= 0.6 is 0 Å². The summed E-state index contributed by atoms with van der Waals surface area (Å²) >= 11 is 0. The zero-order valence-corrected chi connectivity index (χ0v) is 24.5. The molecule has 1 aromatic rings. The van der Waals surface area contributed by atoms with E-state index in [0.29, 0.717) is 46.1 Å². The molecule has 2 saturated carbocycles. The smallest absolute Gasteiger partial charge is 0.281 e. The van der Waals surface area contributed by atoms with E-state index in [9.17, 15) is 14.0 Å². The first-order chi connectivity index (χ1) is 20.2. The van der Waals surface area contributed by atoms with Crippen LogP contribution in [0.25, 0.3) is 17.6 Å². The highest BCUT2D eigenvalue weighted by Gasteiger charge is 2.55. The summed E-state index contributed by atoms with van der Waals surface area (Å²) in [6.07, 6.45) is 14.5. The van der Waals surface area contributed by atoms with Crippen LogP contribution in [0.1, 0.15) is 87.5 Å². The van der Waals surface area contributed by atoms with Gasteiger partial charge in [-0.1, -0.05) is 26.0 Å². The number of aromatic nitrogens is 2. The molecule has 2 atom stereocenters. The minimum absolute atomic E-state index is 0.0132. The van der Waals surface area contributed by atoms with Gasteiger partial charge in [0.25, 0.3) is 11.8 Å². The third-order valence-electron chi connectivity index (χ3n) is 9.36. The van der Waals surface area contributed by atoms with Gasteiger partial charge in [-0.25, -0.2) is 18.5 Å². The molecular formula is C33H36F2N4O3. The van der Waals surface area contributed by atoms with Gasteiger partial charge in [-0.15, -0.1) is 0 Å². The van der Waals surface area contributed by atoms with E-state index in [2.05, 4.69) is 15.4 Å². The number of halogens is 2. The molecular weight excluding hydrogens is 538 g/mol. The lowest BCUT2D eigenvalue weighted by Crippen LogP contribution is -2.40. The summed E-state index contributed by atoms with van der Waals surface area (Å²) in [6, 6.07) is 0. The predicted molar refractivity (Wildman–Crippen MR) is 158 cm³/mol. The number of rotatable bonds is 7. The van der Waals surface area contributed by atoms with Gasteiger partial charge >= 0.3 is 0 Å². The predicted octanol–water partition coefficient (Wildman–Crippen LogP) is 6.87. The Morgan fingerprint density at radius 1 is 1.17 bits per heavy atom. The summed E-state index contributed by atoms with van der Waals surface area (Å²) < 4.78 is 37.8. The van der Waals surface area contributed by atoms with Crippen molar-refractivity contribution in [1.29, 1.82) is 0 Å². The molecule has 6 rings (SSSR count). The van der Waals surface area contributed by atoms with Crippen molar-refractivity contribution >= 4 is 35.6 Å². The molecule has 2 fully saturated rings. The van der Waals surface area contributed by atoms with E-state index >= 15 is 4.39 Å². The molecule has 1 aromatic heterocycles. The van der Waals surface area contributed by atoms with Crippen molar-refractivity contribution in [3.8, 4) is 0 Å². The van der Waals surface area contributed by atoms with Gasteiger partial charge in [-0.05, 0) is 86.2 Å². The van der Waals surface area contributed by atoms with Crippen molar-refractivity contribution in [2.45, 2.75) is 71.3 Å². The van der Waals surface area contributed by atoms with Crippen molar-refractivity contribution in [3.05, 3.63) is 69.6 Å². The number of methoxy groups -OCH3 is 1. The molecule has 220 valence electrons. The van der Waals surface area contributed by atoms with Crippen molar-refractivity contribution < 1.29 is 23.1 Å². The highest BCUT2D eigenvalue weighted by Crippen LogP contribution is 2.54. The van der Waals surface area contributed by atoms with Crippen LogP contribution in [0, 0.1) is 17.8 Å². The number of nitrogens with zero attached hydrogens (tertiary/aromatic N) is 3. The lowest BCUT2D eigenvalue weighted by atomic mass is 9.76. The van der Waals surface area contributed by atoms with Gasteiger partial charge in [-0.3, -0.25) is 9.59 Å². The first-order valence-electron chi connectivity index (χ1n) is 14.8. The van der Waals surface area contributed by atoms with Crippen LogP contribution in [0.2, 0.25) is 0 Å². The van der Waals surface area contributed by atoms with Crippen molar-refractivity contribution in [3.63, 3.8) is 0 Å². The summed E-state index contributed by atoms with van der Waals surface area (Å²) in [5.74, 6) is -0.884. The summed E-state index contributed by atoms with van der Waals surface area (Å²) in [4.78, 5) is 30.9. The Bertz CT molecular complexity index is 1580. The van der Waals surface area contributed by atoms with Crippen LogP contribution in [0.15, 0.2) is 57.6 Å². The Hall–Kier alpha value is -3.88. The van der Waals surface area contributed by atoms with Crippen LogP contribution in [0.3, 0.4) is 0 Å². The highest BCUT2D eigenvalue weighted by molar-refractivity contribution is 6.06. The van der Waals surface area contributed by atoms with E-state index in [4.69, 9.17) is 4.74 Å². The van der Waals surface area contributed by atoms with Gasteiger partial charge in [0.2, 0.25) is 0 Å². The molecule has 0 aromatic carbocycles. The lowest BCUT2D eigenvalue weighted by molar-refractivity contribution is -0.118. The SMILES string of the molecule is CC=NC(=O)c1c(C2=CC=C(F)CC2)nn2c1C(F)=C(C1=CC(C(=O)NC3(C4CC4)CC3)=C(OC)C(C)C1C)CC=C2. The Kier molecular flexibility index (Phi) is 7.23. The number of fused-ring (bicyclic) bond motifs is 1. The van der Waals surface area contributed by atoms with Crippen molar-refractivity contribution in [2.24, 2.45) is 22.7 Å². The number of ether oxygens (including phenoxy) is 1. The van der Waals surface area contributed by atoms with E-state index in [1.807, 2.05) is 13.8 Å². The molecule has 7 nitrogen and oxygen atoms in total. The maximum absolute atomic E-state index is 16.9. The molecule has 1 N–H and O–H groups in total. The summed E-state index contributed by atoms with van der Waals surface area (Å²) in [5.41, 5.74) is 2.35. The van der Waals surface area contributed by atoms with Crippen molar-refractivity contribution in [2.75, 3.05) is 7.11 Å². The second-order valence-corrected chi connectivity index (χ2v) is 11.9. The normalized spacial score (nSPS) is 25.0. The maximum Gasteiger partial charge on any atom is 0.281 e. The topological polar surface area (TPSA) is 85.6 Å². The van der Waals surface area contributed by atoms with E-state index in [1.165, 1.54) is 17.0 Å². The van der Waals surface area contributed by atoms with Gasteiger partial charge in [-0.2, -0.15) is 5.10 Å². The molecule has 2 heterocycles. The van der Waals surface area contributed by atoms with E-state index in [0.717, 1.165) is 25.7 Å². The van der Waals surface area contributed by atoms with Crippen molar-refractivity contribution in [1.82, 2.24) is 15.1 Å². The highest BCUT2D eigenvalue weighted by atomic mass is 19.1. The number of carbonyl (C=O) groups is 2. The molecule has 0 spiro atoms. The number of carbonyl (C=O) groups excluding carboxylic acids is 2. The minimum atomic E-state index is -0.620. The fourth-order valence-electron chi connectivity index (χ4n) is 6.55. The lowest BCUT2D eigenvalue weighted by Gasteiger charge is -2.32. The van der Waals surface area contributed by atoms with Gasteiger partial charge in [0, 0.05) is 30.3 Å². The molecule has 2 unspecified atom stereocenters. The Morgan fingerprint density at radius 3 is 2.55 bits per heavy atom. The molecule has 1 aliphatic heterocycles. The average Bonchev–Trinajstić information content (AvgIpc) is 3.90. The Labute approximate surface area is 244 Å². The number of hydrogen-bond donors (Lipinski definition) is 1. The molecule has 4 aliphatic carbocycles. The molecule has 0 bridgehead atoms. The van der Waals surface area contributed by atoms with Gasteiger partial charge in [0.1, 0.15) is 23.0 Å². The van der Waals surface area contributed by atoms with Crippen LogP contribution in [-0.4, -0.2) is 40.5 Å². The second kappa shape index (κ2) is 10.7. The Balaban J connectivity index is 1.47. The Morgan fingerprint density at radius 2 is 1.93 bits per heavy atom. The van der Waals surface area contributed by atoms with Crippen LogP contribution in [0.5, 0.6) is 0 Å². The fourth-order valence-corrected chi connectivity index (χ4v) is 6.55. The zero-order valence-electron chi connectivity index (χ0n) is 24.5. The zero-order chi connectivity index (χ0) is 29.8. The van der Waals surface area contributed by atoms with E-state index < -0.39 is 11.7 Å². The standard InChI is InChI=1S/C33H36F2N4O3/c1-5-36-32(41)26-28(20-8-12-22(34)13-9-20)38-39-16-6-7-23(27(35)29(26)39)24-17-25(30(42-4)19(3)18(24)2)31(40)37-33(14-15-33)21-10-11-21/h5-6,8,12,16-19,21H,7,9-11,13-15H2,1-4H3,(H,37,40). The van der Waals surface area contributed by atoms with Gasteiger partial charge in [0.05, 0.1) is 18.2 Å². The number of aliphatic imine (C=N–C) groups is 1. The first kappa shape index (κ1) is 28.2. The molecule has 5 aliphatic rings. The van der Waals surface area contributed by atoms with Crippen LogP contribution in [-0.2, 0) is 9.53 Å². The molecule has 9 heteroatoms. The van der Waals surface area contributed by atoms with Gasteiger partial charge < -0.3 is 10.1 Å². The molecule has 42 heavy (non-hydrogen) atoms. The first-order valence-corrected chi connectivity index (χ1v) is 14.8. The van der Waals surface area contributed by atoms with Crippen LogP contribution in [0.4, 0.5) is 8.78 Å². The monoisotopic (exact) mass is 574 g/mol. The van der Waals surface area contributed by atoms with Crippen LogP contribution < -0.4 is 5.32 Å². The van der Waals surface area contributed by atoms with E-state index in [-0.39, 0.29) is 53.2 Å². The third-order valence-corrected chi connectivity index (χ3v) is 9.36. The summed E-state index contributed by atoms with van der Waals surface area (Å²) in [7, 11) is 1.57. The van der Waals surface area contributed by atoms with E-state index in [1.54, 1.807) is 38.5 Å². The average molecular weight is 575 g/mol. The molecule has 0 radical (unpaired) electrons. The third kappa shape index (κ3) is 4.82. The quantitative estimate of drug-likeness (QED) is 0.360. The minimum Gasteiger partial charge on any atom is -0.500 e. The summed E-state index contributed by atoms with van der Waals surface area (Å²) in [5, 5.41) is 7.88. The second-order valence-electron chi connectivity index (χ2n) is 11.9. The molecule has 2 amide bonds. The number of hydrogen-bond acceptors (Lipinski definition) is 4.